The van der Waals surface area contributed by atoms with E-state index in [9.17, 15) is 4.79 Å². The molecule has 6 nitrogen and oxygen atoms in total. The van der Waals surface area contributed by atoms with Crippen LogP contribution in [-0.4, -0.2) is 26.5 Å². The van der Waals surface area contributed by atoms with Gasteiger partial charge in [0.25, 0.3) is 0 Å². The molecule has 6 heteroatoms. The molecule has 0 aliphatic heterocycles. The molecule has 0 bridgehead atoms. The first kappa shape index (κ1) is 16.8. The van der Waals surface area contributed by atoms with E-state index in [-0.39, 0.29) is 5.91 Å². The number of hydrogen-bond donors (Lipinski definition) is 2. The number of aromatic nitrogens is 4. The third-order valence-electron chi connectivity index (χ3n) is 4.45. The molecule has 0 fully saturated rings. The van der Waals surface area contributed by atoms with E-state index in [1.165, 1.54) is 5.56 Å². The molecule has 128 valence electrons. The number of nitrogens with one attached hydrogen (secondary N) is 2. The number of carbonyl (C=O) groups excluding carboxylic acids is 1. The van der Waals surface area contributed by atoms with Gasteiger partial charge in [-0.05, 0) is 61.6 Å². The Hall–Kier alpha value is -3.02. The highest BCUT2D eigenvalue weighted by Gasteiger charge is 2.26. The lowest BCUT2D eigenvalue weighted by atomic mass is 9.94. The third-order valence-corrected chi connectivity index (χ3v) is 4.45. The average molecular weight is 335 g/mol. The van der Waals surface area contributed by atoms with Crippen LogP contribution >= 0.6 is 0 Å². The van der Waals surface area contributed by atoms with Gasteiger partial charge in [-0.15, -0.1) is 10.2 Å². The van der Waals surface area contributed by atoms with E-state index >= 15 is 0 Å². The van der Waals surface area contributed by atoms with E-state index in [0.29, 0.717) is 12.2 Å². The Kier molecular flexibility index (Phi) is 4.88. The number of nitrogens with zero attached hydrogens (tertiary/aromatic N) is 3. The zero-order valence-electron chi connectivity index (χ0n) is 14.6. The van der Waals surface area contributed by atoms with E-state index in [0.717, 1.165) is 22.4 Å². The fourth-order valence-electron chi connectivity index (χ4n) is 2.73. The molecule has 0 aliphatic rings. The summed E-state index contributed by atoms with van der Waals surface area (Å²) in [5.74, 6) is -0.265. The highest BCUT2D eigenvalue weighted by molar-refractivity contribution is 5.95. The second kappa shape index (κ2) is 7.25. The van der Waals surface area contributed by atoms with E-state index in [4.69, 9.17) is 0 Å². The average Bonchev–Trinajstić information content (AvgIpc) is 3.11. The summed E-state index contributed by atoms with van der Waals surface area (Å²) in [4.78, 5) is 12.9. The molecule has 1 atom stereocenters. The Labute approximate surface area is 146 Å². The number of aryl methyl sites for hydroxylation is 3. The molecule has 0 saturated carbocycles. The topological polar surface area (TPSA) is 83.6 Å². The predicted octanol–water partition coefficient (Wildman–Crippen LogP) is 3.09. The van der Waals surface area contributed by atoms with Gasteiger partial charge < -0.3 is 5.32 Å². The zero-order valence-corrected chi connectivity index (χ0v) is 14.6. The van der Waals surface area contributed by atoms with Crippen LogP contribution < -0.4 is 5.32 Å². The van der Waals surface area contributed by atoms with Crippen molar-refractivity contribution >= 4 is 11.6 Å². The molecule has 2 N–H and O–H groups in total. The van der Waals surface area contributed by atoms with Gasteiger partial charge in [0.2, 0.25) is 5.91 Å². The van der Waals surface area contributed by atoms with E-state index in [2.05, 4.69) is 25.9 Å². The number of benzene rings is 2. The second-order valence-corrected chi connectivity index (χ2v) is 6.24. The summed E-state index contributed by atoms with van der Waals surface area (Å²) in [6.45, 7) is 6.10. The Bertz CT molecular complexity index is 873. The Morgan fingerprint density at radius 2 is 1.88 bits per heavy atom. The molecule has 0 aliphatic carbocycles. The van der Waals surface area contributed by atoms with Crippen LogP contribution in [-0.2, 0) is 11.2 Å². The minimum absolute atomic E-state index is 0.145. The standard InChI is InChI=1S/C19H21N5O/c1-12-8-9-16(10-14(12)3)20-19(25)17(18-21-23-24-22-18)11-15-7-5-4-6-13(15)2/h4-10,17H,11H2,1-3H3,(H,20,25)(H,21,22,23,24)/t17-/m1/s1. The maximum atomic E-state index is 12.9. The van der Waals surface area contributed by atoms with Crippen molar-refractivity contribution in [2.45, 2.75) is 33.1 Å². The minimum Gasteiger partial charge on any atom is -0.325 e. The largest absolute Gasteiger partial charge is 0.325 e. The van der Waals surface area contributed by atoms with Gasteiger partial charge in [0.05, 0.1) is 0 Å². The monoisotopic (exact) mass is 335 g/mol. The number of hydrogen-bond acceptors (Lipinski definition) is 4. The summed E-state index contributed by atoms with van der Waals surface area (Å²) in [5.41, 5.74) is 5.31. The summed E-state index contributed by atoms with van der Waals surface area (Å²) in [7, 11) is 0. The van der Waals surface area contributed by atoms with Crippen molar-refractivity contribution < 1.29 is 4.79 Å². The summed E-state index contributed by atoms with van der Waals surface area (Å²) in [5, 5.41) is 17.1. The molecule has 2 aromatic carbocycles. The molecule has 25 heavy (non-hydrogen) atoms. The lowest BCUT2D eigenvalue weighted by molar-refractivity contribution is -0.117. The smallest absolute Gasteiger partial charge is 0.235 e. The number of H-pyrrole nitrogens is 1. The number of rotatable bonds is 5. The van der Waals surface area contributed by atoms with Crippen molar-refractivity contribution in [3.8, 4) is 0 Å². The van der Waals surface area contributed by atoms with Crippen molar-refractivity contribution in [3.05, 3.63) is 70.5 Å². The van der Waals surface area contributed by atoms with Crippen LogP contribution in [0.3, 0.4) is 0 Å². The van der Waals surface area contributed by atoms with Crippen LogP contribution in [0.25, 0.3) is 0 Å². The zero-order chi connectivity index (χ0) is 17.8. The molecule has 1 amide bonds. The van der Waals surface area contributed by atoms with Crippen LogP contribution in [0.1, 0.15) is 34.0 Å². The minimum atomic E-state index is -0.513. The van der Waals surface area contributed by atoms with Crippen LogP contribution in [0.5, 0.6) is 0 Å². The highest BCUT2D eigenvalue weighted by atomic mass is 16.1. The van der Waals surface area contributed by atoms with E-state index < -0.39 is 5.92 Å². The maximum Gasteiger partial charge on any atom is 0.235 e. The van der Waals surface area contributed by atoms with Gasteiger partial charge in [-0.2, -0.15) is 5.21 Å². The predicted molar refractivity (Wildman–Crippen MR) is 96.3 cm³/mol. The quantitative estimate of drug-likeness (QED) is 0.750. The number of carbonyl (C=O) groups is 1. The van der Waals surface area contributed by atoms with Crippen molar-refractivity contribution in [2.75, 3.05) is 5.32 Å². The number of aromatic amines is 1. The molecule has 3 aromatic rings. The van der Waals surface area contributed by atoms with Crippen LogP contribution in [0, 0.1) is 20.8 Å². The first-order valence-corrected chi connectivity index (χ1v) is 8.20. The SMILES string of the molecule is Cc1ccc(NC(=O)[C@H](Cc2ccccc2C)c2nn[nH]n2)cc1C. The first-order chi connectivity index (χ1) is 12.0. The molecule has 1 heterocycles. The van der Waals surface area contributed by atoms with Gasteiger partial charge in [-0.25, -0.2) is 0 Å². The van der Waals surface area contributed by atoms with Gasteiger partial charge in [0, 0.05) is 5.69 Å². The second-order valence-electron chi connectivity index (χ2n) is 6.24. The van der Waals surface area contributed by atoms with Gasteiger partial charge in [0.15, 0.2) is 5.82 Å². The van der Waals surface area contributed by atoms with Gasteiger partial charge >= 0.3 is 0 Å². The molecule has 1 aromatic heterocycles. The Morgan fingerprint density at radius 3 is 2.56 bits per heavy atom. The van der Waals surface area contributed by atoms with Crippen LogP contribution in [0.2, 0.25) is 0 Å². The van der Waals surface area contributed by atoms with Crippen LogP contribution in [0.15, 0.2) is 42.5 Å². The maximum absolute atomic E-state index is 12.9. The molecular weight excluding hydrogens is 314 g/mol. The van der Waals surface area contributed by atoms with Gasteiger partial charge in [-0.3, -0.25) is 4.79 Å². The fourth-order valence-corrected chi connectivity index (χ4v) is 2.73. The lowest BCUT2D eigenvalue weighted by Gasteiger charge is -2.15. The normalized spacial score (nSPS) is 12.0. The third kappa shape index (κ3) is 3.91. The summed E-state index contributed by atoms with van der Waals surface area (Å²) < 4.78 is 0. The number of anilines is 1. The van der Waals surface area contributed by atoms with Crippen molar-refractivity contribution in [1.82, 2.24) is 20.6 Å². The Balaban J connectivity index is 1.85. The first-order valence-electron chi connectivity index (χ1n) is 8.20. The molecule has 0 radical (unpaired) electrons. The van der Waals surface area contributed by atoms with Gasteiger partial charge in [0.1, 0.15) is 5.92 Å². The molecule has 0 saturated heterocycles. The fraction of sp³-hybridized carbons (Fsp3) is 0.263. The summed E-state index contributed by atoms with van der Waals surface area (Å²) >= 11 is 0. The van der Waals surface area contributed by atoms with Crippen LogP contribution in [0.4, 0.5) is 5.69 Å². The van der Waals surface area contributed by atoms with Gasteiger partial charge in [-0.1, -0.05) is 35.5 Å². The molecule has 0 unspecified atom stereocenters. The summed E-state index contributed by atoms with van der Waals surface area (Å²) in [6, 6.07) is 13.9. The van der Waals surface area contributed by atoms with Crippen molar-refractivity contribution in [3.63, 3.8) is 0 Å². The van der Waals surface area contributed by atoms with E-state index in [1.807, 2.05) is 63.2 Å². The summed E-state index contributed by atoms with van der Waals surface area (Å²) in [6.07, 6.45) is 0.517. The number of tetrazole rings is 1. The number of amides is 1. The lowest BCUT2D eigenvalue weighted by Crippen LogP contribution is -2.24. The highest BCUT2D eigenvalue weighted by Crippen LogP contribution is 2.22. The molecule has 3 rings (SSSR count). The molecule has 0 spiro atoms. The Morgan fingerprint density at radius 1 is 1.08 bits per heavy atom. The van der Waals surface area contributed by atoms with E-state index in [1.54, 1.807) is 0 Å². The van der Waals surface area contributed by atoms with Crippen molar-refractivity contribution in [1.29, 1.82) is 0 Å². The molecular formula is C19H21N5O. The van der Waals surface area contributed by atoms with Crippen molar-refractivity contribution in [2.24, 2.45) is 0 Å².